The average molecular weight is 370 g/mol. The number of nitrogens with zero attached hydrogens (tertiary/aromatic N) is 2. The highest BCUT2D eigenvalue weighted by atomic mass is 35.5. The number of hydrogen-bond donors (Lipinski definition) is 1. The van der Waals surface area contributed by atoms with Gasteiger partial charge in [0.2, 0.25) is 5.91 Å². The first kappa shape index (κ1) is 17.7. The molecule has 0 unspecified atom stereocenters. The summed E-state index contributed by atoms with van der Waals surface area (Å²) in [6.07, 6.45) is 1.42. The Morgan fingerprint density at radius 2 is 1.65 bits per heavy atom. The maximum absolute atomic E-state index is 12.6. The van der Waals surface area contributed by atoms with Crippen LogP contribution in [0.15, 0.2) is 76.4 Å². The fourth-order valence-corrected chi connectivity index (χ4v) is 2.60. The molecular weight excluding hydrogens is 354 g/mol. The van der Waals surface area contributed by atoms with Crippen molar-refractivity contribution in [3.8, 4) is 0 Å². The molecule has 0 aliphatic carbocycles. The highest BCUT2D eigenvalue weighted by molar-refractivity contribution is 6.30. The second-order valence-electron chi connectivity index (χ2n) is 5.69. The molecule has 0 radical (unpaired) electrons. The molecule has 0 aliphatic rings. The lowest BCUT2D eigenvalue weighted by molar-refractivity contribution is -0.116. The molecule has 0 atom stereocenters. The van der Waals surface area contributed by atoms with Gasteiger partial charge in [-0.15, -0.1) is 0 Å². The van der Waals surface area contributed by atoms with Crippen molar-refractivity contribution in [3.05, 3.63) is 98.3 Å². The van der Waals surface area contributed by atoms with Crippen LogP contribution >= 0.6 is 11.6 Å². The Hall–Kier alpha value is -3.12. The van der Waals surface area contributed by atoms with Crippen molar-refractivity contribution in [2.75, 3.05) is 5.32 Å². The van der Waals surface area contributed by atoms with E-state index in [1.54, 1.807) is 48.5 Å². The number of carbonyl (C=O) groups is 1. The number of amides is 1. The van der Waals surface area contributed by atoms with Gasteiger partial charge in [-0.25, -0.2) is 4.79 Å². The summed E-state index contributed by atoms with van der Waals surface area (Å²) in [6, 6.07) is 17.2. The van der Waals surface area contributed by atoms with Crippen LogP contribution in [0.5, 0.6) is 0 Å². The maximum atomic E-state index is 12.6. The van der Waals surface area contributed by atoms with Gasteiger partial charge in [0.25, 0.3) is 5.56 Å². The van der Waals surface area contributed by atoms with Gasteiger partial charge in [-0.05, 0) is 29.8 Å². The molecule has 2 aromatic carbocycles. The zero-order valence-electron chi connectivity index (χ0n) is 13.8. The average Bonchev–Trinajstić information content (AvgIpc) is 2.64. The number of para-hydroxylation sites is 1. The van der Waals surface area contributed by atoms with Crippen LogP contribution < -0.4 is 16.6 Å². The van der Waals surface area contributed by atoms with Crippen molar-refractivity contribution in [3.63, 3.8) is 0 Å². The normalized spacial score (nSPS) is 10.5. The van der Waals surface area contributed by atoms with E-state index in [2.05, 4.69) is 5.32 Å². The van der Waals surface area contributed by atoms with E-state index >= 15 is 0 Å². The molecular formula is C19H16ClN3O3. The molecule has 0 fully saturated rings. The summed E-state index contributed by atoms with van der Waals surface area (Å²) in [5.41, 5.74) is 0.389. The quantitative estimate of drug-likeness (QED) is 0.750. The summed E-state index contributed by atoms with van der Waals surface area (Å²) in [5, 5.41) is 3.26. The van der Waals surface area contributed by atoms with Crippen molar-refractivity contribution in [2.45, 2.75) is 13.1 Å². The number of hydrogen-bond acceptors (Lipinski definition) is 3. The third-order valence-corrected chi connectivity index (χ3v) is 4.02. The zero-order chi connectivity index (χ0) is 18.5. The van der Waals surface area contributed by atoms with Gasteiger partial charge in [0.05, 0.1) is 6.54 Å². The summed E-state index contributed by atoms with van der Waals surface area (Å²) >= 11 is 5.86. The molecule has 1 N–H and O–H groups in total. The van der Waals surface area contributed by atoms with E-state index in [-0.39, 0.29) is 13.1 Å². The molecule has 0 saturated heterocycles. The van der Waals surface area contributed by atoms with E-state index in [1.165, 1.54) is 16.8 Å². The van der Waals surface area contributed by atoms with Crippen molar-refractivity contribution in [1.29, 1.82) is 0 Å². The summed E-state index contributed by atoms with van der Waals surface area (Å²) in [6.45, 7) is -0.0788. The predicted molar refractivity (Wildman–Crippen MR) is 101 cm³/mol. The third-order valence-electron chi connectivity index (χ3n) is 3.77. The molecule has 3 aromatic rings. The molecule has 1 heterocycles. The van der Waals surface area contributed by atoms with E-state index in [4.69, 9.17) is 11.6 Å². The van der Waals surface area contributed by atoms with Gasteiger partial charge in [0.1, 0.15) is 6.54 Å². The lowest BCUT2D eigenvalue weighted by atomic mass is 10.2. The van der Waals surface area contributed by atoms with E-state index < -0.39 is 17.2 Å². The van der Waals surface area contributed by atoms with Crippen molar-refractivity contribution in [1.82, 2.24) is 9.13 Å². The smallest absolute Gasteiger partial charge is 0.325 e. The van der Waals surface area contributed by atoms with E-state index in [9.17, 15) is 14.4 Å². The number of nitrogens with one attached hydrogen (secondary N) is 1. The standard InChI is InChI=1S/C19H16ClN3O3/c20-15-8-6-14(7-9-15)12-22-11-10-18(25)23(19(22)26)13-17(24)21-16-4-2-1-3-5-16/h1-11H,12-13H2,(H,21,24). The number of rotatable bonds is 5. The van der Waals surface area contributed by atoms with Crippen LogP contribution in [-0.2, 0) is 17.9 Å². The number of halogens is 1. The Morgan fingerprint density at radius 1 is 0.962 bits per heavy atom. The van der Waals surface area contributed by atoms with Crippen LogP contribution in [0.2, 0.25) is 5.02 Å². The molecule has 7 heteroatoms. The number of aromatic nitrogens is 2. The fourth-order valence-electron chi connectivity index (χ4n) is 2.47. The van der Waals surface area contributed by atoms with E-state index in [0.29, 0.717) is 10.7 Å². The number of anilines is 1. The molecule has 132 valence electrons. The number of carbonyl (C=O) groups excluding carboxylic acids is 1. The molecule has 6 nitrogen and oxygen atoms in total. The second kappa shape index (κ2) is 7.84. The molecule has 1 aromatic heterocycles. The van der Waals surface area contributed by atoms with Gasteiger partial charge in [-0.3, -0.25) is 18.7 Å². The van der Waals surface area contributed by atoms with Crippen LogP contribution in [-0.4, -0.2) is 15.0 Å². The maximum Gasteiger partial charge on any atom is 0.331 e. The van der Waals surface area contributed by atoms with Gasteiger partial charge in [0.15, 0.2) is 0 Å². The SMILES string of the molecule is O=C(Cn1c(=O)ccn(Cc2ccc(Cl)cc2)c1=O)Nc1ccccc1. The van der Waals surface area contributed by atoms with Crippen molar-refractivity contribution < 1.29 is 4.79 Å². The monoisotopic (exact) mass is 369 g/mol. The number of benzene rings is 2. The van der Waals surface area contributed by atoms with Gasteiger partial charge in [-0.1, -0.05) is 41.9 Å². The van der Waals surface area contributed by atoms with Crippen molar-refractivity contribution >= 4 is 23.2 Å². The van der Waals surface area contributed by atoms with Crippen LogP contribution in [0.25, 0.3) is 0 Å². The van der Waals surface area contributed by atoms with Crippen LogP contribution in [0.4, 0.5) is 5.69 Å². The lowest BCUT2D eigenvalue weighted by Crippen LogP contribution is -2.41. The van der Waals surface area contributed by atoms with Crippen LogP contribution in [0.1, 0.15) is 5.56 Å². The Kier molecular flexibility index (Phi) is 5.34. The highest BCUT2D eigenvalue weighted by Crippen LogP contribution is 2.10. The second-order valence-corrected chi connectivity index (χ2v) is 6.13. The van der Waals surface area contributed by atoms with E-state index in [0.717, 1.165) is 10.1 Å². The minimum absolute atomic E-state index is 0.274. The summed E-state index contributed by atoms with van der Waals surface area (Å²) in [4.78, 5) is 36.8. The lowest BCUT2D eigenvalue weighted by Gasteiger charge is -2.10. The summed E-state index contributed by atoms with van der Waals surface area (Å²) in [7, 11) is 0. The molecule has 1 amide bonds. The van der Waals surface area contributed by atoms with Gasteiger partial charge >= 0.3 is 5.69 Å². The summed E-state index contributed by atoms with van der Waals surface area (Å²) < 4.78 is 2.29. The molecule has 0 bridgehead atoms. The van der Waals surface area contributed by atoms with Gasteiger partial charge in [-0.2, -0.15) is 0 Å². The minimum Gasteiger partial charge on any atom is -0.325 e. The molecule has 0 saturated carbocycles. The van der Waals surface area contributed by atoms with E-state index in [1.807, 2.05) is 6.07 Å². The first-order valence-electron chi connectivity index (χ1n) is 7.92. The van der Waals surface area contributed by atoms with Crippen LogP contribution in [0, 0.1) is 0 Å². The van der Waals surface area contributed by atoms with Gasteiger partial charge in [0, 0.05) is 23.0 Å². The third kappa shape index (κ3) is 4.29. The predicted octanol–water partition coefficient (Wildman–Crippen LogP) is 2.35. The highest BCUT2D eigenvalue weighted by Gasteiger charge is 2.10. The van der Waals surface area contributed by atoms with Crippen LogP contribution in [0.3, 0.4) is 0 Å². The Labute approximate surface area is 154 Å². The molecule has 26 heavy (non-hydrogen) atoms. The Bertz CT molecular complexity index is 1020. The first-order chi connectivity index (χ1) is 12.5. The Balaban J connectivity index is 1.81. The largest absolute Gasteiger partial charge is 0.331 e. The van der Waals surface area contributed by atoms with Crippen molar-refractivity contribution in [2.24, 2.45) is 0 Å². The fraction of sp³-hybridized carbons (Fsp3) is 0.105. The molecule has 3 rings (SSSR count). The van der Waals surface area contributed by atoms with Gasteiger partial charge < -0.3 is 5.32 Å². The molecule has 0 spiro atoms. The first-order valence-corrected chi connectivity index (χ1v) is 8.30. The Morgan fingerprint density at radius 3 is 2.35 bits per heavy atom. The minimum atomic E-state index is -0.546. The molecule has 0 aliphatic heterocycles. The topological polar surface area (TPSA) is 73.1 Å². The summed E-state index contributed by atoms with van der Waals surface area (Å²) in [5.74, 6) is -0.445. The zero-order valence-corrected chi connectivity index (χ0v) is 14.5.